The van der Waals surface area contributed by atoms with Crippen molar-refractivity contribution in [3.8, 4) is 22.3 Å². The summed E-state index contributed by atoms with van der Waals surface area (Å²) in [6, 6.07) is 81.0. The van der Waals surface area contributed by atoms with Crippen LogP contribution < -0.4 is 36.3 Å². The first kappa shape index (κ1) is 49.7. The highest BCUT2D eigenvalue weighted by molar-refractivity contribution is 7.01. The highest BCUT2D eigenvalue weighted by Gasteiger charge is 2.66. The van der Waals surface area contributed by atoms with Gasteiger partial charge in [-0.1, -0.05) is 241 Å². The smallest absolute Gasteiger partial charge is 0.252 e. The molecule has 4 atom stereocenters. The van der Waals surface area contributed by atoms with E-state index in [-0.39, 0.29) is 34.0 Å². The average molecular weight is 1060 g/mol. The summed E-state index contributed by atoms with van der Waals surface area (Å²) < 4.78 is 0. The Labute approximate surface area is 477 Å². The van der Waals surface area contributed by atoms with Crippen LogP contribution in [0.5, 0.6) is 0 Å². The summed E-state index contributed by atoms with van der Waals surface area (Å²) in [6.07, 6.45) is 9.25. The van der Waals surface area contributed by atoms with Gasteiger partial charge in [0.2, 0.25) is 0 Å². The Morgan fingerprint density at radius 3 is 1.54 bits per heavy atom. The largest absolute Gasteiger partial charge is 0.335 e. The Hall–Kier alpha value is -7.34. The molecule has 4 unspecified atom stereocenters. The van der Waals surface area contributed by atoms with Crippen LogP contribution in [0.1, 0.15) is 114 Å². The normalized spacial score (nSPS) is 23.2. The molecule has 0 bridgehead atoms. The summed E-state index contributed by atoms with van der Waals surface area (Å²) in [5.74, 6) is 0. The van der Waals surface area contributed by atoms with Crippen LogP contribution in [0.15, 0.2) is 206 Å². The Bertz CT molecular complexity index is 3920. The molecule has 80 heavy (non-hydrogen) atoms. The standard InChI is InChI=1S/C75H74BN3Si/c1-71(2,3)57-36-40-65-61(46-57)74(55-29-17-11-18-30-55)43-23-21-41-72(74,4)78(65)59-47-67-69-68(48-59)79-70-62(75(56-31-19-12-20-32-56)44-24-22-42-73(75,79)5)49-60(80(6,7)8)50-64(70)76(69)63-45-54(52-27-15-10-16-28-52)35-39-66(63)77(67)58-37-33-53(34-38-58)51-25-13-9-14-26-51/h9-20,25-40,45-50H,21-24,41-44H2,1-8H3. The lowest BCUT2D eigenvalue weighted by Crippen LogP contribution is -2.65. The molecule has 15 rings (SSSR count). The predicted molar refractivity (Wildman–Crippen MR) is 344 cm³/mol. The van der Waals surface area contributed by atoms with Gasteiger partial charge in [0.1, 0.15) is 0 Å². The van der Waals surface area contributed by atoms with Gasteiger partial charge in [-0.25, -0.2) is 0 Å². The Morgan fingerprint density at radius 1 is 0.425 bits per heavy atom. The molecule has 2 aliphatic carbocycles. The number of hydrogen-bond donors (Lipinski definition) is 0. The molecule has 2 saturated carbocycles. The first-order chi connectivity index (χ1) is 38.7. The number of nitrogens with zero attached hydrogens (tertiary/aromatic N) is 3. The van der Waals surface area contributed by atoms with Crippen LogP contribution in [-0.4, -0.2) is 25.9 Å². The number of fused-ring (bicyclic) bond motifs is 10. The second-order valence-electron chi connectivity index (χ2n) is 27.1. The van der Waals surface area contributed by atoms with Crippen LogP contribution in [0.2, 0.25) is 19.6 Å². The van der Waals surface area contributed by atoms with E-state index in [1.165, 1.54) is 126 Å². The third kappa shape index (κ3) is 6.79. The summed E-state index contributed by atoms with van der Waals surface area (Å²) in [6.45, 7) is 20.2. The van der Waals surface area contributed by atoms with Crippen molar-refractivity contribution in [3.05, 3.63) is 234 Å². The molecule has 4 heterocycles. The van der Waals surface area contributed by atoms with Gasteiger partial charge in [-0.05, 0) is 148 Å². The molecular formula is C75H74BN3Si. The van der Waals surface area contributed by atoms with Gasteiger partial charge in [-0.3, -0.25) is 0 Å². The highest BCUT2D eigenvalue weighted by atomic mass is 28.3. The van der Waals surface area contributed by atoms with Gasteiger partial charge in [0, 0.05) is 50.6 Å². The van der Waals surface area contributed by atoms with E-state index >= 15 is 0 Å². The maximum absolute atomic E-state index is 2.99. The lowest BCUT2D eigenvalue weighted by Gasteiger charge is -2.55. The first-order valence-electron chi connectivity index (χ1n) is 30.0. The molecule has 5 heteroatoms. The predicted octanol–water partition coefficient (Wildman–Crippen LogP) is 17.0. The number of rotatable bonds is 7. The molecule has 9 aromatic rings. The molecule has 0 N–H and O–H groups in total. The molecule has 0 spiro atoms. The van der Waals surface area contributed by atoms with E-state index in [2.05, 4.69) is 275 Å². The Morgan fingerprint density at radius 2 is 0.938 bits per heavy atom. The van der Waals surface area contributed by atoms with Crippen LogP contribution >= 0.6 is 0 Å². The van der Waals surface area contributed by atoms with Gasteiger partial charge in [-0.15, -0.1) is 0 Å². The molecule has 2 fully saturated rings. The Kier molecular flexibility index (Phi) is 10.9. The fraction of sp³-hybridized carbons (Fsp3) is 0.280. The van der Waals surface area contributed by atoms with Crippen molar-refractivity contribution in [1.82, 2.24) is 0 Å². The summed E-state index contributed by atoms with van der Waals surface area (Å²) in [5.41, 5.74) is 24.9. The molecule has 0 radical (unpaired) electrons. The maximum atomic E-state index is 2.99. The van der Waals surface area contributed by atoms with E-state index in [0.717, 1.165) is 25.7 Å². The molecule has 0 saturated heterocycles. The minimum Gasteiger partial charge on any atom is -0.335 e. The monoisotopic (exact) mass is 1060 g/mol. The lowest BCUT2D eigenvalue weighted by atomic mass is 9.33. The van der Waals surface area contributed by atoms with E-state index in [4.69, 9.17) is 0 Å². The fourth-order valence-corrected chi connectivity index (χ4v) is 18.2. The highest BCUT2D eigenvalue weighted by Crippen LogP contribution is 2.67. The van der Waals surface area contributed by atoms with Crippen molar-refractivity contribution in [2.24, 2.45) is 0 Å². The maximum Gasteiger partial charge on any atom is 0.252 e. The minimum absolute atomic E-state index is 0.000634. The summed E-state index contributed by atoms with van der Waals surface area (Å²) in [4.78, 5) is 8.57. The molecule has 3 nitrogen and oxygen atoms in total. The van der Waals surface area contributed by atoms with Gasteiger partial charge in [0.15, 0.2) is 0 Å². The van der Waals surface area contributed by atoms with Crippen LogP contribution in [0.4, 0.5) is 39.8 Å². The van der Waals surface area contributed by atoms with E-state index in [0.29, 0.717) is 0 Å². The van der Waals surface area contributed by atoms with Crippen molar-refractivity contribution < 1.29 is 0 Å². The third-order valence-corrected chi connectivity index (χ3v) is 22.9. The average Bonchev–Trinajstić information content (AvgIpc) is 4.09. The quantitative estimate of drug-likeness (QED) is 0.147. The van der Waals surface area contributed by atoms with E-state index < -0.39 is 8.07 Å². The number of anilines is 7. The molecule has 9 aromatic carbocycles. The second-order valence-corrected chi connectivity index (χ2v) is 32.2. The van der Waals surface area contributed by atoms with Crippen LogP contribution in [0.3, 0.4) is 0 Å². The zero-order chi connectivity index (χ0) is 54.6. The van der Waals surface area contributed by atoms with E-state index in [1.807, 2.05) is 0 Å². The van der Waals surface area contributed by atoms with Crippen molar-refractivity contribution in [2.75, 3.05) is 14.7 Å². The van der Waals surface area contributed by atoms with Gasteiger partial charge >= 0.3 is 0 Å². The summed E-state index contributed by atoms with van der Waals surface area (Å²) in [7, 11) is -1.89. The van der Waals surface area contributed by atoms with Crippen molar-refractivity contribution in [2.45, 2.75) is 133 Å². The van der Waals surface area contributed by atoms with Crippen LogP contribution in [-0.2, 0) is 16.2 Å². The minimum atomic E-state index is -1.89. The van der Waals surface area contributed by atoms with Gasteiger partial charge < -0.3 is 14.7 Å². The summed E-state index contributed by atoms with van der Waals surface area (Å²) in [5, 5.41) is 1.56. The van der Waals surface area contributed by atoms with Crippen molar-refractivity contribution in [1.29, 1.82) is 0 Å². The molecular weight excluding hydrogens is 982 g/mol. The van der Waals surface area contributed by atoms with Crippen molar-refractivity contribution in [3.63, 3.8) is 0 Å². The molecule has 0 amide bonds. The molecule has 0 aromatic heterocycles. The zero-order valence-electron chi connectivity index (χ0n) is 48.2. The second kappa shape index (κ2) is 17.6. The van der Waals surface area contributed by atoms with Gasteiger partial charge in [0.25, 0.3) is 6.71 Å². The molecule has 6 aliphatic rings. The van der Waals surface area contributed by atoms with Gasteiger partial charge in [0.05, 0.1) is 19.2 Å². The number of hydrogen-bond acceptors (Lipinski definition) is 3. The Balaban J connectivity index is 1.08. The zero-order valence-corrected chi connectivity index (χ0v) is 49.2. The third-order valence-electron chi connectivity index (χ3n) is 20.9. The van der Waals surface area contributed by atoms with E-state index in [9.17, 15) is 0 Å². The molecule has 396 valence electrons. The van der Waals surface area contributed by atoms with Gasteiger partial charge in [-0.2, -0.15) is 0 Å². The van der Waals surface area contributed by atoms with Crippen molar-refractivity contribution >= 4 is 76.2 Å². The molecule has 4 aliphatic heterocycles. The lowest BCUT2D eigenvalue weighted by molar-refractivity contribution is 0.214. The summed E-state index contributed by atoms with van der Waals surface area (Å²) >= 11 is 0. The van der Waals surface area contributed by atoms with Crippen LogP contribution in [0.25, 0.3) is 22.3 Å². The van der Waals surface area contributed by atoms with E-state index in [1.54, 1.807) is 10.8 Å². The SMILES string of the molecule is CC(C)(C)c1ccc2c(c1)C1(c3ccccc3)CCCCC1(C)N2c1cc2c3c(c1)N1c4c(cc([Si](C)(C)C)cc4C4(c5ccccc5)CCCCC14C)B3c1cc(-c3ccccc3)ccc1N2c1ccc(-c2ccccc2)cc1. The van der Waals surface area contributed by atoms with Crippen LogP contribution in [0, 0.1) is 0 Å². The fourth-order valence-electron chi connectivity index (χ4n) is 17.1. The topological polar surface area (TPSA) is 9.72 Å². The number of benzene rings is 9. The first-order valence-corrected chi connectivity index (χ1v) is 33.5.